The molecule has 2 amide bonds. The number of nitrogens with zero attached hydrogens (tertiary/aromatic N) is 2. The number of hydrogen-bond donors (Lipinski definition) is 3. The summed E-state index contributed by atoms with van der Waals surface area (Å²) in [5.74, 6) is -2.33. The SMILES string of the molecule is CC(=O)c1cn(CC(=O)N2C[C@H](F)C[C@H]2C(=O)N[C@H](C)c2cccc(Cl)c2F)c2cc(P(=O)(O)O)ccc12. The maximum atomic E-state index is 14.4. The molecular formula is C25H25ClF2N3O6P. The topological polar surface area (TPSA) is 129 Å². The minimum atomic E-state index is -4.62. The highest BCUT2D eigenvalue weighted by atomic mass is 35.5. The first kappa shape index (κ1) is 27.9. The van der Waals surface area contributed by atoms with Crippen LogP contribution in [0.1, 0.15) is 42.2 Å². The average molecular weight is 568 g/mol. The molecule has 3 aromatic rings. The van der Waals surface area contributed by atoms with Crippen LogP contribution in [0, 0.1) is 5.82 Å². The molecule has 1 aliphatic heterocycles. The number of rotatable bonds is 7. The van der Waals surface area contributed by atoms with Crippen LogP contribution < -0.4 is 10.6 Å². The van der Waals surface area contributed by atoms with E-state index in [9.17, 15) is 37.5 Å². The molecule has 9 nitrogen and oxygen atoms in total. The highest BCUT2D eigenvalue weighted by Gasteiger charge is 2.40. The first-order chi connectivity index (χ1) is 17.8. The first-order valence-corrected chi connectivity index (χ1v) is 13.6. The molecule has 1 fully saturated rings. The van der Waals surface area contributed by atoms with Crippen molar-refractivity contribution in [3.63, 3.8) is 0 Å². The van der Waals surface area contributed by atoms with Gasteiger partial charge in [0.05, 0.1) is 28.4 Å². The lowest BCUT2D eigenvalue weighted by Gasteiger charge is -2.26. The van der Waals surface area contributed by atoms with E-state index in [0.717, 1.165) is 4.90 Å². The maximum Gasteiger partial charge on any atom is 0.356 e. The van der Waals surface area contributed by atoms with Crippen molar-refractivity contribution in [1.82, 2.24) is 14.8 Å². The lowest BCUT2D eigenvalue weighted by Crippen LogP contribution is -2.47. The molecular weight excluding hydrogens is 543 g/mol. The minimum Gasteiger partial charge on any atom is -0.348 e. The quantitative estimate of drug-likeness (QED) is 0.297. The number of halogens is 3. The Hall–Kier alpha value is -3.11. The van der Waals surface area contributed by atoms with Gasteiger partial charge >= 0.3 is 7.60 Å². The van der Waals surface area contributed by atoms with Crippen LogP contribution in [0.3, 0.4) is 0 Å². The molecule has 1 saturated heterocycles. The number of aromatic nitrogens is 1. The van der Waals surface area contributed by atoms with Crippen LogP contribution in [-0.2, 0) is 20.7 Å². The van der Waals surface area contributed by atoms with Crippen LogP contribution in [0.5, 0.6) is 0 Å². The molecule has 38 heavy (non-hydrogen) atoms. The molecule has 3 N–H and O–H groups in total. The van der Waals surface area contributed by atoms with Crippen LogP contribution in [0.2, 0.25) is 5.02 Å². The Morgan fingerprint density at radius 2 is 1.95 bits per heavy atom. The number of Topliss-reactive ketones (excluding diaryl/α,β-unsaturated/α-hetero) is 1. The maximum absolute atomic E-state index is 14.4. The van der Waals surface area contributed by atoms with Gasteiger partial charge in [-0.05, 0) is 32.0 Å². The third-order valence-electron chi connectivity index (χ3n) is 6.57. The van der Waals surface area contributed by atoms with Crippen molar-refractivity contribution in [2.24, 2.45) is 0 Å². The minimum absolute atomic E-state index is 0.115. The lowest BCUT2D eigenvalue weighted by molar-refractivity contribution is -0.139. The predicted molar refractivity (Wildman–Crippen MR) is 137 cm³/mol. The fourth-order valence-electron chi connectivity index (χ4n) is 4.66. The molecule has 3 atom stereocenters. The first-order valence-electron chi connectivity index (χ1n) is 11.7. The summed E-state index contributed by atoms with van der Waals surface area (Å²) < 4.78 is 41.9. The Kier molecular flexibility index (Phi) is 7.76. The molecule has 0 spiro atoms. The van der Waals surface area contributed by atoms with Crippen LogP contribution in [0.25, 0.3) is 10.9 Å². The molecule has 2 aromatic carbocycles. The molecule has 1 aliphatic rings. The smallest absolute Gasteiger partial charge is 0.348 e. The molecule has 4 rings (SSSR count). The second-order valence-corrected chi connectivity index (χ2v) is 11.3. The number of carbonyl (C=O) groups is 3. The molecule has 0 unspecified atom stereocenters. The van der Waals surface area contributed by atoms with Crippen molar-refractivity contribution in [1.29, 1.82) is 0 Å². The molecule has 0 saturated carbocycles. The number of likely N-dealkylation sites (tertiary alicyclic amines) is 1. The number of fused-ring (bicyclic) bond motifs is 1. The Morgan fingerprint density at radius 3 is 2.61 bits per heavy atom. The van der Waals surface area contributed by atoms with Gasteiger partial charge in [-0.15, -0.1) is 0 Å². The van der Waals surface area contributed by atoms with E-state index in [1.54, 1.807) is 0 Å². The van der Waals surface area contributed by atoms with Gasteiger partial charge in [0.2, 0.25) is 11.8 Å². The molecule has 2 heterocycles. The number of benzene rings is 2. The molecule has 202 valence electrons. The van der Waals surface area contributed by atoms with Crippen LogP contribution in [0.15, 0.2) is 42.6 Å². The Morgan fingerprint density at radius 1 is 1.24 bits per heavy atom. The zero-order chi connectivity index (χ0) is 27.9. The summed E-state index contributed by atoms with van der Waals surface area (Å²) in [5.41, 5.74) is 0.600. The summed E-state index contributed by atoms with van der Waals surface area (Å²) in [6.07, 6.45) is -0.338. The number of nitrogens with one attached hydrogen (secondary N) is 1. The standard InChI is InChI=1S/C25H25ClF2N3O6P/c1-13(17-4-3-5-20(26)24(17)28)29-25(34)22-8-15(27)10-31(22)23(33)12-30-11-19(14(2)32)18-7-6-16(9-21(18)30)38(35,36)37/h3-7,9,11,13,15,22H,8,10,12H2,1-2H3,(H,29,34)(H2,35,36,37)/t13-,15-,22+/m1/s1. The molecule has 0 bridgehead atoms. The van der Waals surface area contributed by atoms with Gasteiger partial charge in [-0.3, -0.25) is 18.9 Å². The third-order valence-corrected chi connectivity index (χ3v) is 7.81. The number of amides is 2. The summed E-state index contributed by atoms with van der Waals surface area (Å²) >= 11 is 5.82. The highest BCUT2D eigenvalue weighted by molar-refractivity contribution is 7.60. The predicted octanol–water partition coefficient (Wildman–Crippen LogP) is 3.26. The molecule has 0 radical (unpaired) electrons. The van der Waals surface area contributed by atoms with E-state index in [2.05, 4.69) is 5.32 Å². The molecule has 1 aromatic heterocycles. The second kappa shape index (κ2) is 10.6. The van der Waals surface area contributed by atoms with Gasteiger partial charge in [-0.25, -0.2) is 8.78 Å². The lowest BCUT2D eigenvalue weighted by atomic mass is 10.1. The van der Waals surface area contributed by atoms with Gasteiger partial charge < -0.3 is 24.6 Å². The van der Waals surface area contributed by atoms with Crippen molar-refractivity contribution in [2.45, 2.75) is 45.1 Å². The largest absolute Gasteiger partial charge is 0.356 e. The summed E-state index contributed by atoms with van der Waals surface area (Å²) in [6.45, 7) is 2.09. The van der Waals surface area contributed by atoms with E-state index >= 15 is 0 Å². The zero-order valence-corrected chi connectivity index (χ0v) is 22.0. The van der Waals surface area contributed by atoms with Crippen LogP contribution in [0.4, 0.5) is 8.78 Å². The van der Waals surface area contributed by atoms with Gasteiger partial charge in [-0.1, -0.05) is 29.8 Å². The Labute approximate surface area is 221 Å². The Balaban J connectivity index is 1.59. The molecule has 13 heteroatoms. The highest BCUT2D eigenvalue weighted by Crippen LogP contribution is 2.35. The zero-order valence-electron chi connectivity index (χ0n) is 20.4. The van der Waals surface area contributed by atoms with Crippen LogP contribution in [-0.4, -0.2) is 55.6 Å². The van der Waals surface area contributed by atoms with E-state index in [0.29, 0.717) is 5.39 Å². The van der Waals surface area contributed by atoms with Crippen molar-refractivity contribution < 1.29 is 37.5 Å². The number of carbonyl (C=O) groups excluding carboxylic acids is 3. The van der Waals surface area contributed by atoms with Gasteiger partial charge in [0.1, 0.15) is 24.6 Å². The monoisotopic (exact) mass is 567 g/mol. The van der Waals surface area contributed by atoms with Gasteiger partial charge in [0.25, 0.3) is 0 Å². The van der Waals surface area contributed by atoms with E-state index in [1.165, 1.54) is 61.0 Å². The Bertz CT molecular complexity index is 1490. The summed E-state index contributed by atoms with van der Waals surface area (Å²) in [5, 5.41) is 2.59. The average Bonchev–Trinajstić information content (AvgIpc) is 3.41. The van der Waals surface area contributed by atoms with E-state index < -0.39 is 50.0 Å². The number of alkyl halides is 1. The van der Waals surface area contributed by atoms with Crippen molar-refractivity contribution in [3.8, 4) is 0 Å². The normalized spacial score (nSPS) is 18.6. The summed E-state index contributed by atoms with van der Waals surface area (Å²) in [7, 11) is -4.62. The van der Waals surface area contributed by atoms with Crippen molar-refractivity contribution in [2.75, 3.05) is 6.54 Å². The van der Waals surface area contributed by atoms with E-state index in [-0.39, 0.29) is 45.7 Å². The number of hydrogen-bond acceptors (Lipinski definition) is 4. The fourth-order valence-corrected chi connectivity index (χ4v) is 5.40. The summed E-state index contributed by atoms with van der Waals surface area (Å²) in [4.78, 5) is 58.7. The third kappa shape index (κ3) is 5.51. The van der Waals surface area contributed by atoms with Gasteiger partial charge in [-0.2, -0.15) is 0 Å². The van der Waals surface area contributed by atoms with Crippen molar-refractivity contribution in [3.05, 3.63) is 64.6 Å². The van der Waals surface area contributed by atoms with Crippen LogP contribution >= 0.6 is 19.2 Å². The van der Waals surface area contributed by atoms with Gasteiger partial charge in [0, 0.05) is 29.1 Å². The van der Waals surface area contributed by atoms with Gasteiger partial charge in [0.15, 0.2) is 5.78 Å². The number of ketones is 1. The van der Waals surface area contributed by atoms with E-state index in [4.69, 9.17) is 11.6 Å². The van der Waals surface area contributed by atoms with E-state index in [1.807, 2.05) is 0 Å². The fraction of sp³-hybridized carbons (Fsp3) is 0.320. The molecule has 0 aliphatic carbocycles. The second-order valence-electron chi connectivity index (χ2n) is 9.24. The summed E-state index contributed by atoms with van der Waals surface area (Å²) in [6, 6.07) is 6.17. The van der Waals surface area contributed by atoms with Crippen molar-refractivity contribution >= 4 is 53.0 Å².